The van der Waals surface area contributed by atoms with Crippen LogP contribution in [0.1, 0.15) is 5.56 Å². The van der Waals surface area contributed by atoms with Crippen LogP contribution < -0.4 is 0 Å². The summed E-state index contributed by atoms with van der Waals surface area (Å²) in [5.74, 6) is -2.29. The molecule has 0 aromatic heterocycles. The van der Waals surface area contributed by atoms with Gasteiger partial charge < -0.3 is 10.2 Å². The number of aliphatic hydroxyl groups excluding tert-OH is 1. The maximum atomic E-state index is 13.1. The highest BCUT2D eigenvalue weighted by Gasteiger charge is 2.18. The van der Waals surface area contributed by atoms with Gasteiger partial charge in [-0.2, -0.15) is 0 Å². The SMILES string of the molecule is O=C(O)C(O)Cc1cc([N+](=O)[O-])ccc1F. The molecule has 7 heteroatoms. The van der Waals surface area contributed by atoms with E-state index in [9.17, 15) is 19.3 Å². The molecule has 1 rings (SSSR count). The minimum atomic E-state index is -1.78. The van der Waals surface area contributed by atoms with E-state index in [2.05, 4.69) is 0 Å². The lowest BCUT2D eigenvalue weighted by Crippen LogP contribution is -2.22. The number of carbonyl (C=O) groups is 1. The molecule has 0 spiro atoms. The number of nitro groups is 1. The van der Waals surface area contributed by atoms with E-state index >= 15 is 0 Å². The summed E-state index contributed by atoms with van der Waals surface area (Å²) < 4.78 is 13.1. The molecule has 0 aliphatic rings. The summed E-state index contributed by atoms with van der Waals surface area (Å²) in [5, 5.41) is 27.8. The fraction of sp³-hybridized carbons (Fsp3) is 0.222. The number of halogens is 1. The number of rotatable bonds is 4. The number of aliphatic carboxylic acids is 1. The Morgan fingerprint density at radius 2 is 2.19 bits per heavy atom. The average molecular weight is 229 g/mol. The highest BCUT2D eigenvalue weighted by Crippen LogP contribution is 2.18. The van der Waals surface area contributed by atoms with Crippen molar-refractivity contribution in [3.8, 4) is 0 Å². The molecule has 1 aromatic rings. The first-order valence-corrected chi connectivity index (χ1v) is 4.25. The largest absolute Gasteiger partial charge is 0.479 e. The normalized spacial score (nSPS) is 12.1. The highest BCUT2D eigenvalue weighted by molar-refractivity contribution is 5.72. The van der Waals surface area contributed by atoms with Crippen molar-refractivity contribution in [1.29, 1.82) is 0 Å². The van der Waals surface area contributed by atoms with Crippen LogP contribution in [0.4, 0.5) is 10.1 Å². The summed E-state index contributed by atoms with van der Waals surface area (Å²) in [4.78, 5) is 20.0. The van der Waals surface area contributed by atoms with Crippen LogP contribution >= 0.6 is 0 Å². The summed E-state index contributed by atoms with van der Waals surface area (Å²) in [7, 11) is 0. The van der Waals surface area contributed by atoms with Crippen LogP contribution in [0, 0.1) is 15.9 Å². The third-order valence-corrected chi connectivity index (χ3v) is 1.94. The number of carboxylic acid groups (broad SMARTS) is 1. The second-order valence-corrected chi connectivity index (χ2v) is 3.09. The molecule has 0 aliphatic heterocycles. The van der Waals surface area contributed by atoms with Crippen LogP contribution in [0.5, 0.6) is 0 Å². The van der Waals surface area contributed by atoms with Gasteiger partial charge in [0.15, 0.2) is 6.10 Å². The first-order valence-electron chi connectivity index (χ1n) is 4.25. The third-order valence-electron chi connectivity index (χ3n) is 1.94. The molecule has 1 unspecified atom stereocenters. The fourth-order valence-electron chi connectivity index (χ4n) is 1.13. The summed E-state index contributed by atoms with van der Waals surface area (Å²) in [5.41, 5.74) is -0.557. The van der Waals surface area contributed by atoms with Crippen molar-refractivity contribution < 1.29 is 24.3 Å². The van der Waals surface area contributed by atoms with E-state index in [1.54, 1.807) is 0 Å². The van der Waals surface area contributed by atoms with Crippen LogP contribution in [-0.4, -0.2) is 27.2 Å². The molecular formula is C9H8FNO5. The number of hydrogen-bond donors (Lipinski definition) is 2. The van der Waals surface area contributed by atoms with Gasteiger partial charge in [-0.3, -0.25) is 10.1 Å². The molecule has 0 fully saturated rings. The maximum absolute atomic E-state index is 13.1. The predicted molar refractivity (Wildman–Crippen MR) is 50.4 cm³/mol. The molecule has 1 aromatic carbocycles. The van der Waals surface area contributed by atoms with Crippen LogP contribution in [0.3, 0.4) is 0 Å². The van der Waals surface area contributed by atoms with Crippen LogP contribution in [0.2, 0.25) is 0 Å². The first kappa shape index (κ1) is 12.1. The van der Waals surface area contributed by atoms with Crippen molar-refractivity contribution in [3.63, 3.8) is 0 Å². The lowest BCUT2D eigenvalue weighted by molar-refractivity contribution is -0.385. The van der Waals surface area contributed by atoms with Crippen molar-refractivity contribution in [3.05, 3.63) is 39.7 Å². The van der Waals surface area contributed by atoms with Gasteiger partial charge in [0, 0.05) is 18.6 Å². The average Bonchev–Trinajstić information content (AvgIpc) is 2.20. The summed E-state index contributed by atoms with van der Waals surface area (Å²) in [6.07, 6.45) is -2.29. The molecule has 0 aliphatic carbocycles. The van der Waals surface area contributed by atoms with Gasteiger partial charge in [0.05, 0.1) is 4.92 Å². The van der Waals surface area contributed by atoms with Crippen LogP contribution in [0.15, 0.2) is 18.2 Å². The number of nitrogens with zero attached hydrogens (tertiary/aromatic N) is 1. The second kappa shape index (κ2) is 4.67. The number of carboxylic acids is 1. The lowest BCUT2D eigenvalue weighted by Gasteiger charge is -2.06. The van der Waals surface area contributed by atoms with E-state index in [4.69, 9.17) is 10.2 Å². The van der Waals surface area contributed by atoms with E-state index < -0.39 is 29.2 Å². The number of non-ortho nitro benzene ring substituents is 1. The Balaban J connectivity index is 2.98. The van der Waals surface area contributed by atoms with Crippen molar-refractivity contribution in [1.82, 2.24) is 0 Å². The molecular weight excluding hydrogens is 221 g/mol. The summed E-state index contributed by atoms with van der Waals surface area (Å²) in [6, 6.07) is 2.73. The van der Waals surface area contributed by atoms with E-state index in [1.807, 2.05) is 0 Å². The molecule has 0 bridgehead atoms. The molecule has 0 saturated carbocycles. The number of hydrogen-bond acceptors (Lipinski definition) is 4. The summed E-state index contributed by atoms with van der Waals surface area (Å²) >= 11 is 0. The van der Waals surface area contributed by atoms with Gasteiger partial charge in [-0.15, -0.1) is 0 Å². The second-order valence-electron chi connectivity index (χ2n) is 3.09. The zero-order valence-electron chi connectivity index (χ0n) is 7.96. The number of nitro benzene ring substituents is 1. The Morgan fingerprint density at radius 3 is 2.69 bits per heavy atom. The fourth-order valence-corrected chi connectivity index (χ4v) is 1.13. The Bertz CT molecular complexity index is 434. The minimum absolute atomic E-state index is 0.205. The van der Waals surface area contributed by atoms with E-state index in [1.165, 1.54) is 0 Å². The van der Waals surface area contributed by atoms with Gasteiger partial charge in [-0.05, 0) is 11.6 Å². The topological polar surface area (TPSA) is 101 Å². The molecule has 2 N–H and O–H groups in total. The van der Waals surface area contributed by atoms with Gasteiger partial charge in [0.1, 0.15) is 5.82 Å². The van der Waals surface area contributed by atoms with Crippen molar-refractivity contribution in [2.24, 2.45) is 0 Å². The molecule has 16 heavy (non-hydrogen) atoms. The molecule has 0 radical (unpaired) electrons. The van der Waals surface area contributed by atoms with Gasteiger partial charge in [0.2, 0.25) is 0 Å². The number of benzene rings is 1. The van der Waals surface area contributed by atoms with E-state index in [0.717, 1.165) is 18.2 Å². The third kappa shape index (κ3) is 2.74. The zero-order valence-corrected chi connectivity index (χ0v) is 7.96. The van der Waals surface area contributed by atoms with Gasteiger partial charge in [0.25, 0.3) is 5.69 Å². The first-order chi connectivity index (χ1) is 7.41. The molecule has 86 valence electrons. The van der Waals surface area contributed by atoms with Crippen molar-refractivity contribution in [2.45, 2.75) is 12.5 Å². The Hall–Kier alpha value is -2.02. The minimum Gasteiger partial charge on any atom is -0.479 e. The van der Waals surface area contributed by atoms with Crippen molar-refractivity contribution >= 4 is 11.7 Å². The zero-order chi connectivity index (χ0) is 12.3. The molecule has 0 saturated heterocycles. The Kier molecular flexibility index (Phi) is 3.51. The van der Waals surface area contributed by atoms with Gasteiger partial charge >= 0.3 is 5.97 Å². The molecule has 0 amide bonds. The van der Waals surface area contributed by atoms with Crippen LogP contribution in [0.25, 0.3) is 0 Å². The summed E-state index contributed by atoms with van der Waals surface area (Å²) in [6.45, 7) is 0. The maximum Gasteiger partial charge on any atom is 0.332 e. The smallest absolute Gasteiger partial charge is 0.332 e. The van der Waals surface area contributed by atoms with E-state index in [-0.39, 0.29) is 11.3 Å². The highest BCUT2D eigenvalue weighted by atomic mass is 19.1. The quantitative estimate of drug-likeness (QED) is 0.585. The van der Waals surface area contributed by atoms with Gasteiger partial charge in [-0.25, -0.2) is 9.18 Å². The number of aliphatic hydroxyl groups is 1. The Labute approximate surface area is 89.1 Å². The van der Waals surface area contributed by atoms with Crippen LogP contribution in [-0.2, 0) is 11.2 Å². The van der Waals surface area contributed by atoms with Crippen molar-refractivity contribution in [2.75, 3.05) is 0 Å². The van der Waals surface area contributed by atoms with E-state index in [0.29, 0.717) is 0 Å². The predicted octanol–water partition coefficient (Wildman–Crippen LogP) is 0.722. The molecule has 0 heterocycles. The molecule has 1 atom stereocenters. The Morgan fingerprint density at radius 1 is 1.56 bits per heavy atom. The monoisotopic (exact) mass is 229 g/mol. The standard InChI is InChI=1S/C9H8FNO5/c10-7-2-1-6(11(15)16)3-5(7)4-8(12)9(13)14/h1-3,8,12H,4H2,(H,13,14). The molecule has 6 nitrogen and oxygen atoms in total. The lowest BCUT2D eigenvalue weighted by atomic mass is 10.1. The van der Waals surface area contributed by atoms with Gasteiger partial charge in [-0.1, -0.05) is 0 Å².